The molecule has 22 heavy (non-hydrogen) atoms. The van der Waals surface area contributed by atoms with E-state index in [9.17, 15) is 14.6 Å². The maximum atomic E-state index is 13.1. The molecule has 118 valence electrons. The highest BCUT2D eigenvalue weighted by Gasteiger charge is 2.30. The van der Waals surface area contributed by atoms with E-state index in [1.807, 2.05) is 12.1 Å². The fraction of sp³-hybridized carbons (Fsp3) is 0.412. The largest absolute Gasteiger partial charge is 0.494 e. The number of hydrogen-bond donors (Lipinski definition) is 2. The number of aromatic nitrogens is 1. The molecule has 0 amide bonds. The van der Waals surface area contributed by atoms with Gasteiger partial charge in [-0.1, -0.05) is 12.1 Å². The molecule has 1 saturated heterocycles. The minimum atomic E-state index is -0.228. The van der Waals surface area contributed by atoms with Crippen molar-refractivity contribution in [3.8, 4) is 11.8 Å². The topological polar surface area (TPSA) is 48.6 Å². The summed E-state index contributed by atoms with van der Waals surface area (Å²) in [6.45, 7) is 2.40. The predicted octanol–water partition coefficient (Wildman–Crippen LogP) is 2.77. The van der Waals surface area contributed by atoms with Gasteiger partial charge in [0.25, 0.3) is 0 Å². The van der Waals surface area contributed by atoms with Crippen molar-refractivity contribution in [2.45, 2.75) is 18.9 Å². The maximum Gasteiger partial charge on any atom is 0.193 e. The molecule has 1 aromatic carbocycles. The van der Waals surface area contributed by atoms with Gasteiger partial charge in [-0.05, 0) is 49.5 Å². The summed E-state index contributed by atoms with van der Waals surface area (Å²) in [7, 11) is 2.07. The smallest absolute Gasteiger partial charge is 0.193 e. The van der Waals surface area contributed by atoms with Crippen molar-refractivity contribution in [2.75, 3.05) is 20.1 Å². The molecule has 2 atom stereocenters. The molecule has 0 radical (unpaired) electrons. The van der Waals surface area contributed by atoms with Crippen LogP contribution in [0.15, 0.2) is 36.4 Å². The number of piperidine rings is 1. The van der Waals surface area contributed by atoms with Crippen LogP contribution in [0.3, 0.4) is 0 Å². The van der Waals surface area contributed by atoms with Gasteiger partial charge in [0, 0.05) is 25.2 Å². The lowest BCUT2D eigenvalue weighted by Crippen LogP contribution is -2.38. The van der Waals surface area contributed by atoms with E-state index in [-0.39, 0.29) is 29.4 Å². The molecule has 0 bridgehead atoms. The van der Waals surface area contributed by atoms with Crippen LogP contribution in [0.4, 0.5) is 4.39 Å². The van der Waals surface area contributed by atoms with Crippen LogP contribution < -0.4 is 0 Å². The van der Waals surface area contributed by atoms with E-state index >= 15 is 0 Å². The predicted molar refractivity (Wildman–Crippen MR) is 82.5 cm³/mol. The summed E-state index contributed by atoms with van der Waals surface area (Å²) in [6.07, 6.45) is 0.982. The first kappa shape index (κ1) is 14.9. The lowest BCUT2D eigenvalue weighted by molar-refractivity contribution is 0.162. The van der Waals surface area contributed by atoms with E-state index in [1.165, 1.54) is 28.8 Å². The molecule has 1 fully saturated rings. The SMILES string of the molecule is CN1CC[C@H](c2ccc(F)cc2)[C@@H](Cn2c(O)ccc2O)C1. The molecule has 1 aliphatic heterocycles. The number of likely N-dealkylation sites (tertiary alicyclic amines) is 1. The van der Waals surface area contributed by atoms with Crippen molar-refractivity contribution in [3.63, 3.8) is 0 Å². The number of nitrogens with zero attached hydrogens (tertiary/aromatic N) is 2. The van der Waals surface area contributed by atoms with Gasteiger partial charge in [0.1, 0.15) is 5.82 Å². The lowest BCUT2D eigenvalue weighted by Gasteiger charge is -2.37. The van der Waals surface area contributed by atoms with Crippen molar-refractivity contribution in [1.29, 1.82) is 0 Å². The molecule has 1 aliphatic rings. The molecule has 0 saturated carbocycles. The van der Waals surface area contributed by atoms with E-state index in [2.05, 4.69) is 11.9 Å². The van der Waals surface area contributed by atoms with Crippen molar-refractivity contribution < 1.29 is 14.6 Å². The van der Waals surface area contributed by atoms with Gasteiger partial charge in [0.05, 0.1) is 0 Å². The lowest BCUT2D eigenvalue weighted by atomic mass is 9.80. The Hall–Kier alpha value is -2.01. The highest BCUT2D eigenvalue weighted by Crippen LogP contribution is 2.35. The minimum Gasteiger partial charge on any atom is -0.494 e. The van der Waals surface area contributed by atoms with Gasteiger partial charge >= 0.3 is 0 Å². The van der Waals surface area contributed by atoms with Gasteiger partial charge in [0.15, 0.2) is 11.8 Å². The van der Waals surface area contributed by atoms with Crippen LogP contribution in [0.2, 0.25) is 0 Å². The fourth-order valence-corrected chi connectivity index (χ4v) is 3.42. The first-order valence-electron chi connectivity index (χ1n) is 7.56. The maximum absolute atomic E-state index is 13.1. The minimum absolute atomic E-state index is 0.0728. The van der Waals surface area contributed by atoms with Crippen LogP contribution in [0.5, 0.6) is 11.8 Å². The zero-order valence-corrected chi connectivity index (χ0v) is 12.6. The number of hydrogen-bond acceptors (Lipinski definition) is 3. The standard InChI is InChI=1S/C17H21FN2O2/c1-19-9-8-15(12-2-4-14(18)5-3-12)13(10-19)11-20-16(21)6-7-17(20)22/h2-7,13,15,21-22H,8-11H2,1H3/t13-,15-/m1/s1. The van der Waals surface area contributed by atoms with Crippen molar-refractivity contribution in [1.82, 2.24) is 9.47 Å². The Bertz CT molecular complexity index is 619. The Morgan fingerprint density at radius 2 is 1.73 bits per heavy atom. The third kappa shape index (κ3) is 2.95. The number of halogens is 1. The summed E-state index contributed by atoms with van der Waals surface area (Å²) >= 11 is 0. The third-order valence-electron chi connectivity index (χ3n) is 4.59. The Morgan fingerprint density at radius 1 is 1.09 bits per heavy atom. The molecule has 0 aliphatic carbocycles. The van der Waals surface area contributed by atoms with Gasteiger partial charge in [0.2, 0.25) is 0 Å². The summed E-state index contributed by atoms with van der Waals surface area (Å²) in [5.41, 5.74) is 1.12. The second-order valence-electron chi connectivity index (χ2n) is 6.13. The molecule has 2 aromatic rings. The quantitative estimate of drug-likeness (QED) is 0.916. The van der Waals surface area contributed by atoms with E-state index in [0.717, 1.165) is 25.1 Å². The highest BCUT2D eigenvalue weighted by atomic mass is 19.1. The second-order valence-corrected chi connectivity index (χ2v) is 6.13. The van der Waals surface area contributed by atoms with Gasteiger partial charge in [-0.2, -0.15) is 0 Å². The highest BCUT2D eigenvalue weighted by molar-refractivity contribution is 5.25. The molecule has 1 aromatic heterocycles. The number of aromatic hydroxyl groups is 2. The van der Waals surface area contributed by atoms with Crippen molar-refractivity contribution in [3.05, 3.63) is 47.8 Å². The van der Waals surface area contributed by atoms with Crippen LogP contribution in [0.25, 0.3) is 0 Å². The summed E-state index contributed by atoms with van der Waals surface area (Å²) in [5, 5.41) is 19.7. The first-order chi connectivity index (χ1) is 10.5. The molecule has 2 heterocycles. The van der Waals surface area contributed by atoms with E-state index < -0.39 is 0 Å². The van der Waals surface area contributed by atoms with E-state index in [0.29, 0.717) is 6.54 Å². The number of rotatable bonds is 3. The monoisotopic (exact) mass is 304 g/mol. The molecular weight excluding hydrogens is 283 g/mol. The summed E-state index contributed by atoms with van der Waals surface area (Å²) in [6, 6.07) is 9.66. The molecular formula is C17H21FN2O2. The van der Waals surface area contributed by atoms with E-state index in [1.54, 1.807) is 0 Å². The zero-order valence-electron chi connectivity index (χ0n) is 12.6. The van der Waals surface area contributed by atoms with Crippen molar-refractivity contribution >= 4 is 0 Å². The Labute approximate surface area is 129 Å². The molecule has 4 nitrogen and oxygen atoms in total. The second kappa shape index (κ2) is 6.01. The Kier molecular flexibility index (Phi) is 4.07. The van der Waals surface area contributed by atoms with Crippen LogP contribution >= 0.6 is 0 Å². The van der Waals surface area contributed by atoms with Gasteiger partial charge in [-0.15, -0.1) is 0 Å². The Morgan fingerprint density at radius 3 is 2.36 bits per heavy atom. The zero-order chi connectivity index (χ0) is 15.7. The van der Waals surface area contributed by atoms with Gasteiger partial charge in [-0.3, -0.25) is 4.57 Å². The summed E-state index contributed by atoms with van der Waals surface area (Å²) < 4.78 is 14.7. The summed E-state index contributed by atoms with van der Waals surface area (Å²) in [5.74, 6) is 0.451. The number of benzene rings is 1. The van der Waals surface area contributed by atoms with E-state index in [4.69, 9.17) is 0 Å². The Balaban J connectivity index is 1.85. The third-order valence-corrected chi connectivity index (χ3v) is 4.59. The van der Waals surface area contributed by atoms with Crippen LogP contribution in [-0.2, 0) is 6.54 Å². The molecule has 5 heteroatoms. The van der Waals surface area contributed by atoms with Crippen LogP contribution in [0, 0.1) is 11.7 Å². The summed E-state index contributed by atoms with van der Waals surface area (Å²) in [4.78, 5) is 2.25. The van der Waals surface area contributed by atoms with Crippen molar-refractivity contribution in [2.24, 2.45) is 5.92 Å². The normalized spacial score (nSPS) is 22.8. The fourth-order valence-electron chi connectivity index (χ4n) is 3.42. The molecule has 2 N–H and O–H groups in total. The van der Waals surface area contributed by atoms with Gasteiger partial charge < -0.3 is 15.1 Å². The molecule has 0 unspecified atom stereocenters. The molecule has 0 spiro atoms. The van der Waals surface area contributed by atoms with Crippen LogP contribution in [-0.4, -0.2) is 39.8 Å². The first-order valence-corrected chi connectivity index (χ1v) is 7.56. The van der Waals surface area contributed by atoms with Gasteiger partial charge in [-0.25, -0.2) is 4.39 Å². The molecule has 3 rings (SSSR count). The average Bonchev–Trinajstić information content (AvgIpc) is 2.81. The average molecular weight is 304 g/mol. The van der Waals surface area contributed by atoms with Crippen LogP contribution in [0.1, 0.15) is 17.9 Å².